The number of aliphatic imine (C=N–C) groups is 1. The van der Waals surface area contributed by atoms with Gasteiger partial charge in [0.2, 0.25) is 0 Å². The molecule has 0 saturated heterocycles. The van der Waals surface area contributed by atoms with E-state index in [1.54, 1.807) is 18.4 Å². The van der Waals surface area contributed by atoms with Crippen LogP contribution in [-0.2, 0) is 6.54 Å². The molecule has 0 fully saturated rings. The average Bonchev–Trinajstić information content (AvgIpc) is 3.36. The van der Waals surface area contributed by atoms with Gasteiger partial charge in [-0.2, -0.15) is 0 Å². The van der Waals surface area contributed by atoms with E-state index in [1.165, 1.54) is 11.1 Å². The molecule has 156 valence electrons. The van der Waals surface area contributed by atoms with E-state index in [1.807, 2.05) is 22.2 Å². The van der Waals surface area contributed by atoms with E-state index in [0.29, 0.717) is 12.5 Å². The number of nitrogens with zero attached hydrogens (tertiary/aromatic N) is 3. The third-order valence-corrected chi connectivity index (χ3v) is 5.70. The minimum Gasteiger partial charge on any atom is -0.356 e. The summed E-state index contributed by atoms with van der Waals surface area (Å²) in [6, 6.07) is 21.4. The van der Waals surface area contributed by atoms with Crippen molar-refractivity contribution in [2.24, 2.45) is 4.99 Å². The molecule has 2 aromatic carbocycles. The van der Waals surface area contributed by atoms with Crippen LogP contribution in [0.5, 0.6) is 0 Å². The lowest BCUT2D eigenvalue weighted by Gasteiger charge is -2.19. The number of hydrogen-bond donors (Lipinski definition) is 2. The maximum absolute atomic E-state index is 4.60. The highest BCUT2D eigenvalue weighted by Crippen LogP contribution is 2.27. The molecule has 4 aromatic rings. The van der Waals surface area contributed by atoms with Crippen molar-refractivity contribution in [3.8, 4) is 0 Å². The number of thiazole rings is 1. The quantitative estimate of drug-likeness (QED) is 0.203. The lowest BCUT2D eigenvalue weighted by atomic mass is 9.88. The fraction of sp³-hybridized carbons (Fsp3) is 0.217. The predicted octanol–water partition coefficient (Wildman–Crippen LogP) is 4.90. The van der Waals surface area contributed by atoms with Crippen molar-refractivity contribution >= 4 is 46.2 Å². The number of guanidine groups is 1. The highest BCUT2D eigenvalue weighted by molar-refractivity contribution is 14.0. The van der Waals surface area contributed by atoms with Gasteiger partial charge >= 0.3 is 0 Å². The molecule has 0 spiro atoms. The summed E-state index contributed by atoms with van der Waals surface area (Å²) in [6.45, 7) is 1.47. The second-order valence-electron chi connectivity index (χ2n) is 6.84. The van der Waals surface area contributed by atoms with Gasteiger partial charge < -0.3 is 10.6 Å². The Balaban J connectivity index is 0.00000256. The Hall–Kier alpha value is -2.39. The van der Waals surface area contributed by atoms with E-state index in [2.05, 4.69) is 81.3 Å². The van der Waals surface area contributed by atoms with Gasteiger partial charge in [0.25, 0.3) is 0 Å². The molecule has 7 heteroatoms. The fourth-order valence-electron chi connectivity index (χ4n) is 3.49. The van der Waals surface area contributed by atoms with Crippen molar-refractivity contribution in [1.29, 1.82) is 0 Å². The molecule has 5 nitrogen and oxygen atoms in total. The zero-order chi connectivity index (χ0) is 19.9. The van der Waals surface area contributed by atoms with E-state index >= 15 is 0 Å². The number of imidazole rings is 1. The molecule has 0 radical (unpaired) electrons. The number of hydrogen-bond acceptors (Lipinski definition) is 3. The number of aromatic nitrogens is 2. The van der Waals surface area contributed by atoms with Gasteiger partial charge in [0.1, 0.15) is 0 Å². The number of halogens is 1. The summed E-state index contributed by atoms with van der Waals surface area (Å²) in [5.41, 5.74) is 3.68. The molecule has 0 aliphatic heterocycles. The highest BCUT2D eigenvalue weighted by atomic mass is 127. The maximum atomic E-state index is 4.60. The molecule has 0 bridgehead atoms. The Bertz CT molecular complexity index is 991. The van der Waals surface area contributed by atoms with E-state index < -0.39 is 0 Å². The monoisotopic (exact) mass is 531 g/mol. The number of nitrogens with one attached hydrogen (secondary N) is 2. The first kappa shape index (κ1) is 22.3. The summed E-state index contributed by atoms with van der Waals surface area (Å²) in [6.07, 6.45) is 5.05. The maximum Gasteiger partial charge on any atom is 0.193 e. The average molecular weight is 531 g/mol. The largest absolute Gasteiger partial charge is 0.356 e. The lowest BCUT2D eigenvalue weighted by molar-refractivity contribution is 0.677. The van der Waals surface area contributed by atoms with Gasteiger partial charge in [-0.1, -0.05) is 60.7 Å². The Kier molecular flexibility index (Phi) is 8.27. The number of benzene rings is 2. The summed E-state index contributed by atoms with van der Waals surface area (Å²) < 4.78 is 2.04. The molecule has 2 aromatic heterocycles. The SMILES string of the molecule is CN=C(NCCC(c1ccccc1)c1ccccc1)NCc1cn2ccsc2n1.I. The van der Waals surface area contributed by atoms with E-state index in [-0.39, 0.29) is 24.0 Å². The van der Waals surface area contributed by atoms with Crippen molar-refractivity contribution in [2.45, 2.75) is 18.9 Å². The molecule has 0 saturated carbocycles. The Morgan fingerprint density at radius 1 is 1.03 bits per heavy atom. The Morgan fingerprint density at radius 2 is 1.70 bits per heavy atom. The van der Waals surface area contributed by atoms with Crippen LogP contribution in [0.1, 0.15) is 29.2 Å². The normalized spacial score (nSPS) is 11.5. The van der Waals surface area contributed by atoms with Crippen molar-refractivity contribution in [3.05, 3.63) is 95.3 Å². The summed E-state index contributed by atoms with van der Waals surface area (Å²) in [7, 11) is 1.80. The van der Waals surface area contributed by atoms with Crippen LogP contribution in [0, 0.1) is 0 Å². The molecular weight excluding hydrogens is 505 g/mol. The van der Waals surface area contributed by atoms with Crippen molar-refractivity contribution in [1.82, 2.24) is 20.0 Å². The zero-order valence-electron chi connectivity index (χ0n) is 16.9. The first-order valence-electron chi connectivity index (χ1n) is 9.79. The minimum atomic E-state index is 0. The molecule has 0 amide bonds. The Morgan fingerprint density at radius 3 is 2.30 bits per heavy atom. The van der Waals surface area contributed by atoms with Gasteiger partial charge in [-0.3, -0.25) is 9.39 Å². The van der Waals surface area contributed by atoms with Crippen LogP contribution >= 0.6 is 35.3 Å². The molecule has 2 N–H and O–H groups in total. The number of fused-ring (bicyclic) bond motifs is 1. The molecule has 0 aliphatic rings. The minimum absolute atomic E-state index is 0. The smallest absolute Gasteiger partial charge is 0.193 e. The summed E-state index contributed by atoms with van der Waals surface area (Å²) in [5, 5.41) is 8.84. The van der Waals surface area contributed by atoms with Gasteiger partial charge in [-0.05, 0) is 17.5 Å². The second-order valence-corrected chi connectivity index (χ2v) is 7.71. The highest BCUT2D eigenvalue weighted by Gasteiger charge is 2.14. The number of rotatable bonds is 7. The third-order valence-electron chi connectivity index (χ3n) is 4.93. The third kappa shape index (κ3) is 5.60. The van der Waals surface area contributed by atoms with E-state index in [0.717, 1.165) is 29.6 Å². The second kappa shape index (κ2) is 11.1. The van der Waals surface area contributed by atoms with Crippen LogP contribution < -0.4 is 10.6 Å². The topological polar surface area (TPSA) is 53.7 Å². The first-order chi connectivity index (χ1) is 14.3. The summed E-state index contributed by atoms with van der Waals surface area (Å²) >= 11 is 1.64. The molecule has 2 heterocycles. The van der Waals surface area contributed by atoms with Crippen molar-refractivity contribution in [3.63, 3.8) is 0 Å². The van der Waals surface area contributed by atoms with Crippen LogP contribution in [0.4, 0.5) is 0 Å². The molecule has 0 atom stereocenters. The lowest BCUT2D eigenvalue weighted by Crippen LogP contribution is -2.37. The summed E-state index contributed by atoms with van der Waals surface area (Å²) in [5.74, 6) is 1.14. The van der Waals surface area contributed by atoms with Gasteiger partial charge in [-0.25, -0.2) is 4.98 Å². The predicted molar refractivity (Wildman–Crippen MR) is 136 cm³/mol. The van der Waals surface area contributed by atoms with Crippen LogP contribution in [0.25, 0.3) is 4.96 Å². The van der Waals surface area contributed by atoms with Gasteiger partial charge in [0.15, 0.2) is 10.9 Å². The zero-order valence-corrected chi connectivity index (χ0v) is 20.0. The van der Waals surface area contributed by atoms with Gasteiger partial charge in [0, 0.05) is 37.3 Å². The Labute approximate surface area is 198 Å². The first-order valence-corrected chi connectivity index (χ1v) is 10.7. The standard InChI is InChI=1S/C23H25N5S.HI/c1-24-22(26-16-20-17-28-14-15-29-23(28)27-20)25-13-12-21(18-8-4-2-5-9-18)19-10-6-3-7-11-19;/h2-11,14-15,17,21H,12-13,16H2,1H3,(H2,24,25,26);1H. The summed E-state index contributed by atoms with van der Waals surface area (Å²) in [4.78, 5) is 9.96. The van der Waals surface area contributed by atoms with E-state index in [4.69, 9.17) is 0 Å². The molecule has 30 heavy (non-hydrogen) atoms. The van der Waals surface area contributed by atoms with Crippen LogP contribution in [0.2, 0.25) is 0 Å². The van der Waals surface area contributed by atoms with E-state index in [9.17, 15) is 0 Å². The van der Waals surface area contributed by atoms with Crippen molar-refractivity contribution < 1.29 is 0 Å². The van der Waals surface area contributed by atoms with Crippen LogP contribution in [0.3, 0.4) is 0 Å². The molecule has 0 unspecified atom stereocenters. The molecular formula is C23H26IN5S. The van der Waals surface area contributed by atoms with Crippen LogP contribution in [0.15, 0.2) is 83.4 Å². The van der Waals surface area contributed by atoms with Gasteiger partial charge in [-0.15, -0.1) is 35.3 Å². The van der Waals surface area contributed by atoms with Crippen molar-refractivity contribution in [2.75, 3.05) is 13.6 Å². The van der Waals surface area contributed by atoms with Gasteiger partial charge in [0.05, 0.1) is 12.2 Å². The molecule has 0 aliphatic carbocycles. The van der Waals surface area contributed by atoms with Crippen LogP contribution in [-0.4, -0.2) is 28.9 Å². The fourth-order valence-corrected chi connectivity index (χ4v) is 4.21. The molecule has 4 rings (SSSR count).